The first-order chi connectivity index (χ1) is 17.4. The molecule has 37 heavy (non-hydrogen) atoms. The van der Waals surface area contributed by atoms with Gasteiger partial charge in [0, 0.05) is 43.4 Å². The van der Waals surface area contributed by atoms with Crippen LogP contribution in [0.3, 0.4) is 0 Å². The molecule has 3 aromatic rings. The van der Waals surface area contributed by atoms with Crippen LogP contribution in [0.1, 0.15) is 71.4 Å². The van der Waals surface area contributed by atoms with Crippen LogP contribution in [-0.4, -0.2) is 22.8 Å². The molecule has 0 aliphatic rings. The van der Waals surface area contributed by atoms with E-state index in [0.717, 1.165) is 59.6 Å². The summed E-state index contributed by atoms with van der Waals surface area (Å²) in [5, 5.41) is 21.3. The summed E-state index contributed by atoms with van der Waals surface area (Å²) < 4.78 is 0. The van der Waals surface area contributed by atoms with Crippen molar-refractivity contribution in [2.75, 3.05) is 0 Å². The third-order valence-corrected chi connectivity index (χ3v) is 6.53. The van der Waals surface area contributed by atoms with Crippen molar-refractivity contribution in [2.24, 2.45) is 16.8 Å². The normalized spacial score (nSPS) is 11.6. The van der Waals surface area contributed by atoms with E-state index in [2.05, 4.69) is 6.07 Å². The Morgan fingerprint density at radius 3 is 2.14 bits per heavy atom. The second-order valence-electron chi connectivity index (χ2n) is 8.83. The molecule has 199 valence electrons. The number of benzene rings is 3. The van der Waals surface area contributed by atoms with Gasteiger partial charge in [0.1, 0.15) is 0 Å². The third kappa shape index (κ3) is 9.18. The van der Waals surface area contributed by atoms with E-state index in [4.69, 9.17) is 4.99 Å². The van der Waals surface area contributed by atoms with Crippen LogP contribution in [0.5, 0.6) is 0 Å². The van der Waals surface area contributed by atoms with Gasteiger partial charge in [-0.3, -0.25) is 4.79 Å². The van der Waals surface area contributed by atoms with E-state index in [-0.39, 0.29) is 43.5 Å². The number of fused-ring (bicyclic) bond motifs is 1. The Bertz CT molecular complexity index is 1190. The summed E-state index contributed by atoms with van der Waals surface area (Å²) >= 11 is 0. The molecule has 0 saturated carbocycles. The van der Waals surface area contributed by atoms with Crippen LogP contribution in [0.15, 0.2) is 77.5 Å². The molecule has 0 atom stereocenters. The predicted octanol–water partition coefficient (Wildman–Crippen LogP) is 8.64. The number of carbonyl (C=O) groups is 1. The summed E-state index contributed by atoms with van der Waals surface area (Å²) in [6, 6.07) is 22.8. The average molecular weight is 675 g/mol. The minimum atomic E-state index is 0. The van der Waals surface area contributed by atoms with E-state index in [1.807, 2.05) is 95.3 Å². The van der Waals surface area contributed by atoms with Crippen molar-refractivity contribution >= 4 is 34.2 Å². The first kappa shape index (κ1) is 32.1. The molecular formula is C32H38IrN2O2-2. The Balaban J connectivity index is 0.000000384. The molecule has 3 rings (SSSR count). The van der Waals surface area contributed by atoms with E-state index < -0.39 is 0 Å². The van der Waals surface area contributed by atoms with Crippen LogP contribution >= 0.6 is 0 Å². The summed E-state index contributed by atoms with van der Waals surface area (Å²) in [6.07, 6.45) is 6.01. The predicted molar refractivity (Wildman–Crippen MR) is 153 cm³/mol. The van der Waals surface area contributed by atoms with Gasteiger partial charge in [0.15, 0.2) is 5.78 Å². The second-order valence-corrected chi connectivity index (χ2v) is 8.83. The van der Waals surface area contributed by atoms with E-state index in [1.54, 1.807) is 0 Å². The Kier molecular flexibility index (Phi) is 14.6. The maximum Gasteiger partial charge on any atom is 0.162 e. The number of aliphatic imine (C=N–C) groups is 1. The summed E-state index contributed by atoms with van der Waals surface area (Å²) in [5.41, 5.74) is 3.32. The van der Waals surface area contributed by atoms with Gasteiger partial charge in [0.05, 0.1) is 11.4 Å². The smallest absolute Gasteiger partial charge is 0.162 e. The van der Waals surface area contributed by atoms with E-state index in [0.29, 0.717) is 5.56 Å². The van der Waals surface area contributed by atoms with Gasteiger partial charge in [-0.05, 0) is 42.3 Å². The summed E-state index contributed by atoms with van der Waals surface area (Å²) in [7, 11) is 0. The molecule has 1 N–H and O–H groups in total. The zero-order valence-electron chi connectivity index (χ0n) is 22.5. The number of aliphatic hydroxyl groups is 1. The molecule has 1 radical (unpaired) electrons. The fourth-order valence-corrected chi connectivity index (χ4v) is 4.13. The molecular weight excluding hydrogens is 637 g/mol. The number of aliphatic hydroxyl groups excluding tert-OH is 1. The molecule has 0 heterocycles. The molecule has 0 aliphatic heterocycles. The van der Waals surface area contributed by atoms with Gasteiger partial charge >= 0.3 is 0 Å². The largest absolute Gasteiger partial charge is 0.810 e. The number of hydrogen-bond donors (Lipinski definition) is 1. The minimum Gasteiger partial charge on any atom is -0.810 e. The van der Waals surface area contributed by atoms with Crippen LogP contribution < -0.4 is 0 Å². The topological polar surface area (TPSA) is 72.0 Å². The first-order valence-corrected chi connectivity index (χ1v) is 12.9. The van der Waals surface area contributed by atoms with Crippen molar-refractivity contribution in [3.05, 3.63) is 95.1 Å². The fraction of sp³-hybridized carbons (Fsp3) is 0.344. The monoisotopic (exact) mass is 675 g/mol. The van der Waals surface area contributed by atoms with Gasteiger partial charge in [-0.25, -0.2) is 0 Å². The maximum atomic E-state index is 11.7. The molecule has 0 fully saturated rings. The Hall–Kier alpha value is -2.88. The number of nitrogens with zero attached hydrogens (tertiary/aromatic N) is 2. The van der Waals surface area contributed by atoms with Gasteiger partial charge < -0.3 is 15.5 Å². The first-order valence-electron chi connectivity index (χ1n) is 12.9. The van der Waals surface area contributed by atoms with Crippen molar-refractivity contribution in [3.63, 3.8) is 0 Å². The molecule has 0 aromatic heterocycles. The van der Waals surface area contributed by atoms with E-state index in [9.17, 15) is 15.3 Å². The summed E-state index contributed by atoms with van der Waals surface area (Å²) in [5.74, 6) is 0.547. The molecule has 0 bridgehead atoms. The Morgan fingerprint density at radius 2 is 1.57 bits per heavy atom. The molecule has 5 heteroatoms. The molecule has 4 nitrogen and oxygen atoms in total. The quantitative estimate of drug-likeness (QED) is 0.101. The maximum absolute atomic E-state index is 11.7. The van der Waals surface area contributed by atoms with Crippen molar-refractivity contribution < 1.29 is 30.0 Å². The molecule has 0 amide bonds. The van der Waals surface area contributed by atoms with Gasteiger partial charge in [0.2, 0.25) is 0 Å². The SMILES string of the molecule is CC(=Nc1c(C=[N-])ccc2ccccc12)c1[c-]cccc1.CCC(CC)C(=O)/C=C(\O)C(CC)CC.[Ir]. The second kappa shape index (κ2) is 16.8. The zero-order chi connectivity index (χ0) is 26.5. The van der Waals surface area contributed by atoms with Gasteiger partial charge in [-0.2, -0.15) is 6.21 Å². The van der Waals surface area contributed by atoms with Crippen LogP contribution in [0, 0.1) is 17.9 Å². The number of allylic oxidation sites excluding steroid dienone is 2. The molecule has 0 saturated heterocycles. The van der Waals surface area contributed by atoms with Crippen LogP contribution in [0.4, 0.5) is 5.69 Å². The average Bonchev–Trinajstić information content (AvgIpc) is 2.91. The van der Waals surface area contributed by atoms with Crippen LogP contribution in [0.2, 0.25) is 0 Å². The molecule has 0 spiro atoms. The van der Waals surface area contributed by atoms with Crippen molar-refractivity contribution in [1.82, 2.24) is 0 Å². The zero-order valence-corrected chi connectivity index (χ0v) is 24.9. The summed E-state index contributed by atoms with van der Waals surface area (Å²) in [4.78, 5) is 16.4. The van der Waals surface area contributed by atoms with Gasteiger partial charge in [-0.1, -0.05) is 71.0 Å². The minimum absolute atomic E-state index is 0. The molecule has 0 aliphatic carbocycles. The third-order valence-electron chi connectivity index (χ3n) is 6.53. The van der Waals surface area contributed by atoms with Crippen molar-refractivity contribution in [1.29, 1.82) is 0 Å². The molecule has 0 unspecified atom stereocenters. The number of rotatable bonds is 10. The van der Waals surface area contributed by atoms with E-state index >= 15 is 0 Å². The van der Waals surface area contributed by atoms with Crippen LogP contribution in [-0.2, 0) is 24.9 Å². The van der Waals surface area contributed by atoms with Crippen molar-refractivity contribution in [2.45, 2.75) is 60.3 Å². The summed E-state index contributed by atoms with van der Waals surface area (Å²) in [6.45, 7) is 10.0. The number of carbonyl (C=O) groups excluding carboxylic acids is 1. The van der Waals surface area contributed by atoms with Crippen molar-refractivity contribution in [3.8, 4) is 0 Å². The number of ketones is 1. The standard InChI is InChI=1S/C19H14N2.C13H24O2.Ir/c1-14(15-7-3-2-4-8-15)21-19-17(13-20)12-11-16-9-5-6-10-18(16)19;1-5-10(6-2)12(14)9-13(15)11(7-3)8-4;/h2-7,9-13H,1H3;9-11,14H,5-8H2,1-4H3;/q-2;;/b;12-9-;. The van der Waals surface area contributed by atoms with Crippen LogP contribution in [0.25, 0.3) is 16.2 Å². The molecule has 3 aromatic carbocycles. The Morgan fingerprint density at radius 1 is 0.946 bits per heavy atom. The fourth-order valence-electron chi connectivity index (χ4n) is 4.13. The van der Waals surface area contributed by atoms with Gasteiger partial charge in [-0.15, -0.1) is 35.9 Å². The number of hydrogen-bond acceptors (Lipinski definition) is 3. The van der Waals surface area contributed by atoms with E-state index in [1.165, 1.54) is 6.08 Å². The Labute approximate surface area is 235 Å². The van der Waals surface area contributed by atoms with Gasteiger partial charge in [0.25, 0.3) is 0 Å².